The van der Waals surface area contributed by atoms with Crippen molar-refractivity contribution in [2.45, 2.75) is 19.0 Å². The molecule has 2 aromatic rings. The summed E-state index contributed by atoms with van der Waals surface area (Å²) in [4.78, 5) is 42.0. The number of hydrogen-bond donors (Lipinski definition) is 0. The fraction of sp³-hybridized carbons (Fsp3) is 0.280. The second-order valence-electron chi connectivity index (χ2n) is 8.30. The van der Waals surface area contributed by atoms with Crippen LogP contribution in [0.2, 0.25) is 0 Å². The van der Waals surface area contributed by atoms with Crippen LogP contribution in [0.1, 0.15) is 15.9 Å². The van der Waals surface area contributed by atoms with Crippen LogP contribution < -0.4 is 14.4 Å². The summed E-state index contributed by atoms with van der Waals surface area (Å²) in [6, 6.07) is 10.7. The zero-order valence-corrected chi connectivity index (χ0v) is 18.5. The quantitative estimate of drug-likeness (QED) is 0.519. The van der Waals surface area contributed by atoms with Crippen LogP contribution in [0.15, 0.2) is 59.7 Å². The number of aryl methyl sites for hydroxylation is 1. The van der Waals surface area contributed by atoms with Crippen LogP contribution >= 0.6 is 0 Å². The van der Waals surface area contributed by atoms with Crippen LogP contribution in [-0.4, -0.2) is 55.1 Å². The molecule has 33 heavy (non-hydrogen) atoms. The van der Waals surface area contributed by atoms with Gasteiger partial charge >= 0.3 is 0 Å². The second kappa shape index (κ2) is 7.88. The molecule has 0 unspecified atom stereocenters. The number of amides is 2. The van der Waals surface area contributed by atoms with Crippen molar-refractivity contribution >= 4 is 29.5 Å². The van der Waals surface area contributed by atoms with E-state index in [0.717, 1.165) is 5.56 Å². The van der Waals surface area contributed by atoms with E-state index in [-0.39, 0.29) is 17.6 Å². The highest BCUT2D eigenvalue weighted by molar-refractivity contribution is 6.24. The summed E-state index contributed by atoms with van der Waals surface area (Å²) in [5.41, 5.74) is 1.89. The summed E-state index contributed by atoms with van der Waals surface area (Å²) in [5.74, 6) is -1.63. The summed E-state index contributed by atoms with van der Waals surface area (Å²) in [7, 11) is 3.01. The van der Waals surface area contributed by atoms with Crippen LogP contribution in [0.5, 0.6) is 11.5 Å². The third kappa shape index (κ3) is 3.13. The molecule has 4 atom stereocenters. The van der Waals surface area contributed by atoms with Crippen molar-refractivity contribution < 1.29 is 23.9 Å². The summed E-state index contributed by atoms with van der Waals surface area (Å²) in [5, 5.41) is 5.97. The number of methoxy groups -OCH3 is 2. The molecular formula is C25H23N3O5. The maximum absolute atomic E-state index is 13.7. The molecule has 0 N–H and O–H groups in total. The average Bonchev–Trinajstić information content (AvgIpc) is 3.31. The molecule has 0 radical (unpaired) electrons. The Morgan fingerprint density at radius 3 is 2.33 bits per heavy atom. The standard InChI is InChI=1S/C25H23N3O5/c1-14-6-9-16(10-7-14)27-24(30)20-17-5-4-12-26-28(17)22(21(20)25(27)31)23(29)15-8-11-18(32-2)19(13-15)33-3/h4-13,17,20-22H,1-3H3/t17-,20+,21+,22-/m0/s1. The first-order chi connectivity index (χ1) is 16.0. The molecular weight excluding hydrogens is 422 g/mol. The van der Waals surface area contributed by atoms with Crippen LogP contribution in [-0.2, 0) is 9.59 Å². The van der Waals surface area contributed by atoms with E-state index >= 15 is 0 Å². The lowest BCUT2D eigenvalue weighted by molar-refractivity contribution is -0.123. The smallest absolute Gasteiger partial charge is 0.240 e. The van der Waals surface area contributed by atoms with Gasteiger partial charge in [0.1, 0.15) is 6.04 Å². The van der Waals surface area contributed by atoms with Gasteiger partial charge in [0.25, 0.3) is 0 Å². The maximum Gasteiger partial charge on any atom is 0.240 e. The third-order valence-electron chi connectivity index (χ3n) is 6.52. The van der Waals surface area contributed by atoms with Gasteiger partial charge in [0.15, 0.2) is 17.3 Å². The van der Waals surface area contributed by atoms with E-state index in [1.807, 2.05) is 25.1 Å². The molecule has 2 fully saturated rings. The predicted octanol–water partition coefficient (Wildman–Crippen LogP) is 2.61. The van der Waals surface area contributed by atoms with Crippen LogP contribution in [0.25, 0.3) is 0 Å². The van der Waals surface area contributed by atoms with Crippen molar-refractivity contribution in [3.63, 3.8) is 0 Å². The number of Topliss-reactive ketones (excluding diaryl/α,β-unsaturated/α-hetero) is 1. The highest BCUT2D eigenvalue weighted by Gasteiger charge is 2.64. The lowest BCUT2D eigenvalue weighted by Crippen LogP contribution is -2.46. The van der Waals surface area contributed by atoms with Gasteiger partial charge in [0, 0.05) is 11.8 Å². The van der Waals surface area contributed by atoms with Gasteiger partial charge in [-0.3, -0.25) is 19.4 Å². The van der Waals surface area contributed by atoms with Crippen molar-refractivity contribution in [2.75, 3.05) is 19.1 Å². The average molecular weight is 445 g/mol. The number of rotatable bonds is 5. The fourth-order valence-corrected chi connectivity index (χ4v) is 4.95. The topological polar surface area (TPSA) is 88.5 Å². The molecule has 168 valence electrons. The Morgan fingerprint density at radius 1 is 0.939 bits per heavy atom. The number of fused-ring (bicyclic) bond motifs is 3. The van der Waals surface area contributed by atoms with Crippen LogP contribution in [0.4, 0.5) is 5.69 Å². The van der Waals surface area contributed by atoms with Crippen LogP contribution in [0, 0.1) is 18.8 Å². The summed E-state index contributed by atoms with van der Waals surface area (Å²) in [6.45, 7) is 1.94. The molecule has 0 saturated carbocycles. The fourth-order valence-electron chi connectivity index (χ4n) is 4.95. The lowest BCUT2D eigenvalue weighted by Gasteiger charge is -2.30. The maximum atomic E-state index is 13.7. The number of ether oxygens (including phenoxy) is 2. The Hall–Kier alpha value is -3.94. The van der Waals surface area contributed by atoms with Crippen molar-refractivity contribution in [1.82, 2.24) is 5.01 Å². The molecule has 3 heterocycles. The Bertz CT molecular complexity index is 1200. The summed E-state index contributed by atoms with van der Waals surface area (Å²) >= 11 is 0. The number of ketones is 1. The summed E-state index contributed by atoms with van der Waals surface area (Å²) < 4.78 is 10.6. The molecule has 0 aliphatic carbocycles. The van der Waals surface area contributed by atoms with Crippen molar-refractivity contribution in [3.8, 4) is 11.5 Å². The van der Waals surface area contributed by atoms with E-state index < -0.39 is 23.9 Å². The highest BCUT2D eigenvalue weighted by atomic mass is 16.5. The largest absolute Gasteiger partial charge is 0.493 e. The van der Waals surface area contributed by atoms with Crippen molar-refractivity contribution in [3.05, 3.63) is 65.7 Å². The first-order valence-corrected chi connectivity index (χ1v) is 10.7. The predicted molar refractivity (Wildman–Crippen MR) is 122 cm³/mol. The van der Waals surface area contributed by atoms with Crippen molar-refractivity contribution in [1.29, 1.82) is 0 Å². The number of anilines is 1. The minimum Gasteiger partial charge on any atom is -0.493 e. The highest BCUT2D eigenvalue weighted by Crippen LogP contribution is 2.46. The number of carbonyl (C=O) groups excluding carboxylic acids is 3. The van der Waals surface area contributed by atoms with E-state index in [4.69, 9.17) is 9.47 Å². The first-order valence-electron chi connectivity index (χ1n) is 10.7. The molecule has 0 bridgehead atoms. The third-order valence-corrected chi connectivity index (χ3v) is 6.52. The van der Waals surface area contributed by atoms with Gasteiger partial charge in [0.2, 0.25) is 11.8 Å². The lowest BCUT2D eigenvalue weighted by atomic mass is 9.86. The number of nitrogens with zero attached hydrogens (tertiary/aromatic N) is 3. The van der Waals surface area contributed by atoms with E-state index in [9.17, 15) is 14.4 Å². The molecule has 0 aromatic heterocycles. The molecule has 2 aromatic carbocycles. The summed E-state index contributed by atoms with van der Waals surface area (Å²) in [6.07, 6.45) is 5.14. The van der Waals surface area contributed by atoms with E-state index in [1.54, 1.807) is 47.6 Å². The SMILES string of the molecule is COc1ccc(C(=O)[C@@H]2[C@@H]3C(=O)N(c4ccc(C)cc4)C(=O)[C@@H]3[C@@H]3C=CC=NN23)cc1OC. The second-order valence-corrected chi connectivity index (χ2v) is 8.30. The van der Waals surface area contributed by atoms with Gasteiger partial charge in [-0.05, 0) is 43.3 Å². The Kier molecular flexibility index (Phi) is 5.00. The first kappa shape index (κ1) is 20.9. The van der Waals surface area contributed by atoms with Crippen LogP contribution in [0.3, 0.4) is 0 Å². The monoisotopic (exact) mass is 445 g/mol. The molecule has 0 spiro atoms. The molecule has 2 saturated heterocycles. The Labute approximate surface area is 191 Å². The number of allylic oxidation sites excluding steroid dienone is 1. The number of hydrazone groups is 1. The number of benzene rings is 2. The van der Waals surface area contributed by atoms with Gasteiger partial charge in [-0.15, -0.1) is 0 Å². The molecule has 5 rings (SSSR count). The Morgan fingerprint density at radius 2 is 1.64 bits per heavy atom. The van der Waals surface area contributed by atoms with Gasteiger partial charge in [-0.1, -0.05) is 23.8 Å². The Balaban J connectivity index is 1.56. The normalized spacial score (nSPS) is 25.3. The van der Waals surface area contributed by atoms with Gasteiger partial charge < -0.3 is 9.47 Å². The molecule has 8 nitrogen and oxygen atoms in total. The van der Waals surface area contributed by atoms with E-state index in [2.05, 4.69) is 5.10 Å². The zero-order valence-electron chi connectivity index (χ0n) is 18.5. The van der Waals surface area contributed by atoms with E-state index in [0.29, 0.717) is 22.7 Å². The van der Waals surface area contributed by atoms with Gasteiger partial charge in [-0.25, -0.2) is 4.90 Å². The van der Waals surface area contributed by atoms with Crippen molar-refractivity contribution in [2.24, 2.45) is 16.9 Å². The minimum absolute atomic E-state index is 0.298. The molecule has 3 aliphatic heterocycles. The molecule has 8 heteroatoms. The number of hydrogen-bond acceptors (Lipinski definition) is 7. The number of imide groups is 1. The minimum atomic E-state index is -0.911. The van der Waals surface area contributed by atoms with Gasteiger partial charge in [-0.2, -0.15) is 5.10 Å². The van der Waals surface area contributed by atoms with Gasteiger partial charge in [0.05, 0.1) is 37.8 Å². The molecule has 2 amide bonds. The zero-order chi connectivity index (χ0) is 23.3. The van der Waals surface area contributed by atoms with E-state index in [1.165, 1.54) is 19.1 Å². The number of carbonyl (C=O) groups is 3. The molecule has 3 aliphatic rings.